The molecule has 150 valence electrons. The largest absolute Gasteiger partial charge is 0.445 e. The minimum absolute atomic E-state index is 0.0315. The summed E-state index contributed by atoms with van der Waals surface area (Å²) in [6, 6.07) is 11.8. The number of nitrogens with one attached hydrogen (secondary N) is 2. The summed E-state index contributed by atoms with van der Waals surface area (Å²) < 4.78 is 7.19. The van der Waals surface area contributed by atoms with Crippen LogP contribution >= 0.6 is 0 Å². The molecule has 0 spiro atoms. The Hall–Kier alpha value is -3.86. The summed E-state index contributed by atoms with van der Waals surface area (Å²) in [7, 11) is 0. The highest BCUT2D eigenvalue weighted by molar-refractivity contribution is 5.91. The Labute approximate surface area is 172 Å². The number of rotatable bonds is 4. The van der Waals surface area contributed by atoms with Gasteiger partial charge in [-0.25, -0.2) is 4.98 Å². The second-order valence-electron chi connectivity index (χ2n) is 7.49. The van der Waals surface area contributed by atoms with Crippen molar-refractivity contribution >= 4 is 22.4 Å². The number of aromatic amines is 1. The third-order valence-electron chi connectivity index (χ3n) is 5.67. The number of pyridine rings is 1. The van der Waals surface area contributed by atoms with E-state index < -0.39 is 0 Å². The highest BCUT2D eigenvalue weighted by atomic mass is 16.3. The van der Waals surface area contributed by atoms with Crippen LogP contribution in [0.4, 0.5) is 11.5 Å². The lowest BCUT2D eigenvalue weighted by Gasteiger charge is -2.27. The first-order valence-corrected chi connectivity index (χ1v) is 10.0. The van der Waals surface area contributed by atoms with E-state index in [2.05, 4.69) is 21.4 Å². The van der Waals surface area contributed by atoms with E-state index in [4.69, 9.17) is 9.52 Å². The van der Waals surface area contributed by atoms with E-state index in [-0.39, 0.29) is 17.5 Å². The van der Waals surface area contributed by atoms with Crippen molar-refractivity contribution in [2.45, 2.75) is 31.7 Å². The lowest BCUT2D eigenvalue weighted by molar-refractivity contribution is 0.277. The van der Waals surface area contributed by atoms with Gasteiger partial charge >= 0.3 is 0 Å². The van der Waals surface area contributed by atoms with Crippen molar-refractivity contribution in [3.05, 3.63) is 59.3 Å². The highest BCUT2D eigenvalue weighted by Crippen LogP contribution is 2.36. The van der Waals surface area contributed by atoms with Crippen LogP contribution in [0, 0.1) is 17.2 Å². The van der Waals surface area contributed by atoms with E-state index >= 15 is 0 Å². The predicted molar refractivity (Wildman–Crippen MR) is 112 cm³/mol. The summed E-state index contributed by atoms with van der Waals surface area (Å²) in [5.74, 6) is 0.930. The molecule has 0 saturated heterocycles. The zero-order valence-corrected chi connectivity index (χ0v) is 16.2. The number of hydrogen-bond donors (Lipinski definition) is 2. The molecule has 3 aromatic heterocycles. The van der Waals surface area contributed by atoms with Crippen LogP contribution in [-0.2, 0) is 0 Å². The maximum atomic E-state index is 12.6. The molecule has 2 atom stereocenters. The van der Waals surface area contributed by atoms with Gasteiger partial charge in [0.2, 0.25) is 5.89 Å². The van der Waals surface area contributed by atoms with Gasteiger partial charge < -0.3 is 14.7 Å². The first-order chi connectivity index (χ1) is 14.7. The highest BCUT2D eigenvalue weighted by Gasteiger charge is 2.29. The molecule has 30 heavy (non-hydrogen) atoms. The van der Waals surface area contributed by atoms with Crippen LogP contribution in [0.2, 0.25) is 0 Å². The Bertz CT molecular complexity index is 1260. The third kappa shape index (κ3) is 3.14. The van der Waals surface area contributed by atoms with Crippen LogP contribution in [0.25, 0.3) is 22.4 Å². The van der Waals surface area contributed by atoms with Gasteiger partial charge in [0.25, 0.3) is 5.56 Å². The third-order valence-corrected chi connectivity index (χ3v) is 5.67. The number of nitrogens with zero attached hydrogens (tertiary/aromatic N) is 4. The molecule has 0 amide bonds. The molecule has 5 rings (SSSR count). The van der Waals surface area contributed by atoms with Crippen molar-refractivity contribution in [1.82, 2.24) is 19.7 Å². The van der Waals surface area contributed by atoms with Gasteiger partial charge in [-0.15, -0.1) is 0 Å². The van der Waals surface area contributed by atoms with Crippen molar-refractivity contribution in [2.24, 2.45) is 5.92 Å². The van der Waals surface area contributed by atoms with Crippen molar-refractivity contribution in [2.75, 3.05) is 5.32 Å². The molecular formula is C22H20N6O2. The number of H-pyrrole nitrogens is 1. The number of oxazole rings is 1. The quantitative estimate of drug-likeness (QED) is 0.526. The molecule has 4 aromatic rings. The Kier molecular flexibility index (Phi) is 4.56. The van der Waals surface area contributed by atoms with E-state index in [1.54, 1.807) is 12.4 Å². The van der Waals surface area contributed by atoms with Crippen LogP contribution in [0.3, 0.4) is 0 Å². The van der Waals surface area contributed by atoms with Gasteiger partial charge in [0.05, 0.1) is 29.7 Å². The molecule has 8 heteroatoms. The number of fused-ring (bicyclic) bond motifs is 1. The molecular weight excluding hydrogens is 380 g/mol. The van der Waals surface area contributed by atoms with Gasteiger partial charge in [0, 0.05) is 17.4 Å². The monoisotopic (exact) mass is 400 g/mol. The standard InChI is InChI=1S/C22H20N6O2/c23-13-15-3-1-2-4-17(15)28-18-9-10-24-21(29)19(18)20(27-28)26-16-7-5-14(6-8-16)22-25-11-12-30-22/h5-12,15,17H,1-4H2,(H,24,29)(H,26,27). The molecule has 0 radical (unpaired) electrons. The van der Waals surface area contributed by atoms with Crippen molar-refractivity contribution in [3.8, 4) is 17.5 Å². The normalized spacial score (nSPS) is 18.9. The van der Waals surface area contributed by atoms with E-state index in [1.807, 2.05) is 35.0 Å². The van der Waals surface area contributed by atoms with Gasteiger partial charge in [-0.3, -0.25) is 9.48 Å². The second-order valence-corrected chi connectivity index (χ2v) is 7.49. The van der Waals surface area contributed by atoms with Gasteiger partial charge in [-0.1, -0.05) is 12.8 Å². The number of aromatic nitrogens is 4. The number of hydrogen-bond acceptors (Lipinski definition) is 6. The smallest absolute Gasteiger partial charge is 0.261 e. The number of benzene rings is 1. The molecule has 1 saturated carbocycles. The molecule has 1 aromatic carbocycles. The molecule has 1 aliphatic carbocycles. The maximum absolute atomic E-state index is 12.6. The fourth-order valence-electron chi connectivity index (χ4n) is 4.19. The predicted octanol–water partition coefficient (Wildman–Crippen LogP) is 4.38. The molecule has 2 N–H and O–H groups in total. The topological polar surface area (TPSA) is 113 Å². The Morgan fingerprint density at radius 3 is 2.80 bits per heavy atom. The SMILES string of the molecule is N#CC1CCCCC1n1nc(Nc2ccc(-c3ncco3)cc2)c2c(=O)[nH]ccc21. The molecule has 0 aliphatic heterocycles. The van der Waals surface area contributed by atoms with Gasteiger partial charge in [-0.2, -0.15) is 10.4 Å². The molecule has 1 aliphatic rings. The van der Waals surface area contributed by atoms with E-state index in [1.165, 1.54) is 6.26 Å². The summed E-state index contributed by atoms with van der Waals surface area (Å²) in [6.45, 7) is 0. The van der Waals surface area contributed by atoms with Gasteiger partial charge in [0.15, 0.2) is 5.82 Å². The number of nitriles is 1. The first-order valence-electron chi connectivity index (χ1n) is 10.0. The molecule has 0 bridgehead atoms. The summed E-state index contributed by atoms with van der Waals surface area (Å²) in [4.78, 5) is 19.5. The first kappa shape index (κ1) is 18.2. The molecule has 3 heterocycles. The zero-order chi connectivity index (χ0) is 20.5. The van der Waals surface area contributed by atoms with Crippen LogP contribution in [0.15, 0.2) is 58.2 Å². The van der Waals surface area contributed by atoms with Crippen molar-refractivity contribution in [3.63, 3.8) is 0 Å². The number of anilines is 2. The molecule has 1 fully saturated rings. The maximum Gasteiger partial charge on any atom is 0.261 e. The Morgan fingerprint density at radius 2 is 2.03 bits per heavy atom. The Balaban J connectivity index is 1.53. The molecule has 8 nitrogen and oxygen atoms in total. The van der Waals surface area contributed by atoms with E-state index in [0.29, 0.717) is 17.1 Å². The second kappa shape index (κ2) is 7.52. The van der Waals surface area contributed by atoms with E-state index in [9.17, 15) is 10.1 Å². The van der Waals surface area contributed by atoms with E-state index in [0.717, 1.165) is 42.5 Å². The van der Waals surface area contributed by atoms with Crippen LogP contribution in [0.5, 0.6) is 0 Å². The minimum atomic E-state index is -0.207. The lowest BCUT2D eigenvalue weighted by atomic mass is 9.85. The fraction of sp³-hybridized carbons (Fsp3) is 0.273. The average Bonchev–Trinajstić information content (AvgIpc) is 3.44. The molecule has 2 unspecified atom stereocenters. The Morgan fingerprint density at radius 1 is 1.20 bits per heavy atom. The van der Waals surface area contributed by atoms with Gasteiger partial charge in [-0.05, 0) is 43.2 Å². The summed E-state index contributed by atoms with van der Waals surface area (Å²) in [5, 5.41) is 18.1. The average molecular weight is 400 g/mol. The zero-order valence-electron chi connectivity index (χ0n) is 16.2. The van der Waals surface area contributed by atoms with Gasteiger partial charge in [0.1, 0.15) is 11.6 Å². The van der Waals surface area contributed by atoms with Crippen LogP contribution < -0.4 is 10.9 Å². The van der Waals surface area contributed by atoms with Crippen molar-refractivity contribution in [1.29, 1.82) is 5.26 Å². The minimum Gasteiger partial charge on any atom is -0.445 e. The summed E-state index contributed by atoms with van der Waals surface area (Å²) in [6.07, 6.45) is 8.61. The summed E-state index contributed by atoms with van der Waals surface area (Å²) in [5.41, 5.74) is 2.19. The fourth-order valence-corrected chi connectivity index (χ4v) is 4.19. The lowest BCUT2D eigenvalue weighted by Crippen LogP contribution is -2.23. The van der Waals surface area contributed by atoms with Crippen LogP contribution in [-0.4, -0.2) is 19.7 Å². The van der Waals surface area contributed by atoms with Crippen LogP contribution in [0.1, 0.15) is 31.7 Å². The summed E-state index contributed by atoms with van der Waals surface area (Å²) >= 11 is 0. The van der Waals surface area contributed by atoms with Crippen molar-refractivity contribution < 1.29 is 4.42 Å².